The molecule has 0 aliphatic heterocycles. The van der Waals surface area contributed by atoms with Crippen molar-refractivity contribution in [1.82, 2.24) is 5.32 Å². The Balaban J connectivity index is 2.15. The number of aliphatic hydroxyl groups excluding tert-OH is 2. The van der Waals surface area contributed by atoms with Crippen molar-refractivity contribution in [3.63, 3.8) is 0 Å². The van der Waals surface area contributed by atoms with E-state index in [4.69, 9.17) is 9.84 Å². The molecule has 0 bridgehead atoms. The van der Waals surface area contributed by atoms with Crippen LogP contribution in [-0.4, -0.2) is 42.6 Å². The summed E-state index contributed by atoms with van der Waals surface area (Å²) in [6, 6.07) is 9.98. The summed E-state index contributed by atoms with van der Waals surface area (Å²) in [5.41, 5.74) is 1.12. The highest BCUT2D eigenvalue weighted by Gasteiger charge is 2.10. The van der Waals surface area contributed by atoms with E-state index >= 15 is 0 Å². The van der Waals surface area contributed by atoms with Crippen LogP contribution in [0.5, 0.6) is 0 Å². The number of rotatable bonds is 10. The SMILES string of the molecule is CC(CCO)CNCC(O)COC(C)c1ccccc1. The number of ether oxygens (including phenoxy) is 1. The van der Waals surface area contributed by atoms with E-state index in [-0.39, 0.29) is 12.7 Å². The van der Waals surface area contributed by atoms with Crippen LogP contribution in [0.4, 0.5) is 0 Å². The van der Waals surface area contributed by atoms with Gasteiger partial charge in [-0.3, -0.25) is 0 Å². The third-order valence-electron chi connectivity index (χ3n) is 3.30. The molecule has 3 atom stereocenters. The van der Waals surface area contributed by atoms with Gasteiger partial charge in [-0.25, -0.2) is 0 Å². The lowest BCUT2D eigenvalue weighted by Gasteiger charge is -2.18. The number of aliphatic hydroxyl groups is 2. The van der Waals surface area contributed by atoms with Gasteiger partial charge in [0.25, 0.3) is 0 Å². The molecule has 0 heterocycles. The van der Waals surface area contributed by atoms with Crippen LogP contribution in [0.2, 0.25) is 0 Å². The van der Waals surface area contributed by atoms with Gasteiger partial charge in [-0.1, -0.05) is 37.3 Å². The second-order valence-corrected chi connectivity index (χ2v) is 5.32. The predicted octanol–water partition coefficient (Wildman–Crippen LogP) is 1.73. The molecule has 0 fully saturated rings. The second kappa shape index (κ2) is 9.88. The fourth-order valence-electron chi connectivity index (χ4n) is 1.95. The topological polar surface area (TPSA) is 61.7 Å². The minimum Gasteiger partial charge on any atom is -0.396 e. The lowest BCUT2D eigenvalue weighted by atomic mass is 10.1. The van der Waals surface area contributed by atoms with Crippen LogP contribution in [0.15, 0.2) is 30.3 Å². The van der Waals surface area contributed by atoms with Crippen molar-refractivity contribution in [2.24, 2.45) is 5.92 Å². The van der Waals surface area contributed by atoms with E-state index < -0.39 is 6.10 Å². The molecule has 1 aromatic carbocycles. The molecule has 0 saturated heterocycles. The molecule has 3 N–H and O–H groups in total. The Kier molecular flexibility index (Phi) is 8.46. The van der Waals surface area contributed by atoms with Crippen LogP contribution in [0.1, 0.15) is 31.9 Å². The third-order valence-corrected chi connectivity index (χ3v) is 3.30. The average Bonchev–Trinajstić information content (AvgIpc) is 2.46. The van der Waals surface area contributed by atoms with Crippen LogP contribution < -0.4 is 5.32 Å². The van der Waals surface area contributed by atoms with Gasteiger partial charge >= 0.3 is 0 Å². The van der Waals surface area contributed by atoms with Gasteiger partial charge in [0.05, 0.1) is 18.8 Å². The molecule has 0 amide bonds. The second-order valence-electron chi connectivity index (χ2n) is 5.32. The molecular weight excluding hydrogens is 254 g/mol. The Morgan fingerprint density at radius 3 is 2.50 bits per heavy atom. The molecule has 4 nitrogen and oxygen atoms in total. The first-order chi connectivity index (χ1) is 9.63. The normalized spacial score (nSPS) is 15.8. The number of hydrogen-bond donors (Lipinski definition) is 3. The summed E-state index contributed by atoms with van der Waals surface area (Å²) >= 11 is 0. The Bertz CT molecular complexity index is 345. The Morgan fingerprint density at radius 1 is 1.15 bits per heavy atom. The number of hydrogen-bond acceptors (Lipinski definition) is 4. The van der Waals surface area contributed by atoms with Gasteiger partial charge in [-0.15, -0.1) is 0 Å². The molecule has 0 aromatic heterocycles. The zero-order chi connectivity index (χ0) is 14.8. The quantitative estimate of drug-likeness (QED) is 0.611. The maximum absolute atomic E-state index is 9.85. The van der Waals surface area contributed by atoms with Gasteiger partial charge < -0.3 is 20.3 Å². The summed E-state index contributed by atoms with van der Waals surface area (Å²) in [6.45, 7) is 5.89. The van der Waals surface area contributed by atoms with E-state index in [1.54, 1.807) is 0 Å². The molecule has 4 heteroatoms. The van der Waals surface area contributed by atoms with Crippen molar-refractivity contribution >= 4 is 0 Å². The smallest absolute Gasteiger partial charge is 0.0897 e. The standard InChI is InChI=1S/C16H27NO3/c1-13(8-9-18)10-17-11-16(19)12-20-14(2)15-6-4-3-5-7-15/h3-7,13-14,16-19H,8-12H2,1-2H3. The Morgan fingerprint density at radius 2 is 1.85 bits per heavy atom. The molecular formula is C16H27NO3. The zero-order valence-electron chi connectivity index (χ0n) is 12.5. The van der Waals surface area contributed by atoms with E-state index in [1.807, 2.05) is 37.3 Å². The van der Waals surface area contributed by atoms with Crippen LogP contribution in [-0.2, 0) is 4.74 Å². The molecule has 0 spiro atoms. The maximum atomic E-state index is 9.85. The third kappa shape index (κ3) is 7.01. The average molecular weight is 281 g/mol. The number of benzene rings is 1. The van der Waals surface area contributed by atoms with Crippen LogP contribution >= 0.6 is 0 Å². The molecule has 0 aliphatic carbocycles. The maximum Gasteiger partial charge on any atom is 0.0897 e. The van der Waals surface area contributed by atoms with E-state index in [1.165, 1.54) is 0 Å². The van der Waals surface area contributed by atoms with Gasteiger partial charge in [0, 0.05) is 13.2 Å². The lowest BCUT2D eigenvalue weighted by Crippen LogP contribution is -2.33. The van der Waals surface area contributed by atoms with Gasteiger partial charge in [0.1, 0.15) is 0 Å². The first kappa shape index (κ1) is 17.1. The first-order valence-corrected chi connectivity index (χ1v) is 7.29. The minimum atomic E-state index is -0.512. The summed E-state index contributed by atoms with van der Waals surface area (Å²) in [5, 5.41) is 21.8. The summed E-state index contributed by atoms with van der Waals surface area (Å²) in [6.07, 6.45) is 0.256. The van der Waals surface area contributed by atoms with Gasteiger partial charge in [-0.05, 0) is 31.4 Å². The van der Waals surface area contributed by atoms with E-state index in [2.05, 4.69) is 12.2 Å². The predicted molar refractivity (Wildman–Crippen MR) is 80.6 cm³/mol. The van der Waals surface area contributed by atoms with Crippen molar-refractivity contribution in [1.29, 1.82) is 0 Å². The highest BCUT2D eigenvalue weighted by atomic mass is 16.5. The molecule has 20 heavy (non-hydrogen) atoms. The molecule has 1 rings (SSSR count). The summed E-state index contributed by atoms with van der Waals surface area (Å²) in [5.74, 6) is 0.413. The van der Waals surface area contributed by atoms with Gasteiger partial charge in [0.2, 0.25) is 0 Å². The van der Waals surface area contributed by atoms with Crippen LogP contribution in [0.3, 0.4) is 0 Å². The fraction of sp³-hybridized carbons (Fsp3) is 0.625. The van der Waals surface area contributed by atoms with Crippen LogP contribution in [0.25, 0.3) is 0 Å². The summed E-state index contributed by atoms with van der Waals surface area (Å²) < 4.78 is 5.66. The first-order valence-electron chi connectivity index (χ1n) is 7.29. The monoisotopic (exact) mass is 281 g/mol. The summed E-state index contributed by atoms with van der Waals surface area (Å²) in [7, 11) is 0. The molecule has 1 aromatic rings. The van der Waals surface area contributed by atoms with Crippen molar-refractivity contribution in [2.75, 3.05) is 26.3 Å². The minimum absolute atomic E-state index is 0.0147. The molecule has 0 saturated carbocycles. The highest BCUT2D eigenvalue weighted by molar-refractivity contribution is 5.16. The van der Waals surface area contributed by atoms with Crippen molar-refractivity contribution in [3.05, 3.63) is 35.9 Å². The largest absolute Gasteiger partial charge is 0.396 e. The van der Waals surface area contributed by atoms with Crippen molar-refractivity contribution in [3.8, 4) is 0 Å². The zero-order valence-corrected chi connectivity index (χ0v) is 12.5. The van der Waals surface area contributed by atoms with Crippen LogP contribution in [0, 0.1) is 5.92 Å². The van der Waals surface area contributed by atoms with Gasteiger partial charge in [-0.2, -0.15) is 0 Å². The Hall–Kier alpha value is -0.940. The summed E-state index contributed by atoms with van der Waals surface area (Å²) in [4.78, 5) is 0. The molecule has 3 unspecified atom stereocenters. The van der Waals surface area contributed by atoms with E-state index in [0.717, 1.165) is 18.5 Å². The molecule has 0 aliphatic rings. The Labute approximate surface area is 121 Å². The van der Waals surface area contributed by atoms with E-state index in [9.17, 15) is 5.11 Å². The van der Waals surface area contributed by atoms with Crippen molar-refractivity contribution < 1.29 is 14.9 Å². The molecule has 114 valence electrons. The van der Waals surface area contributed by atoms with E-state index in [0.29, 0.717) is 19.1 Å². The highest BCUT2D eigenvalue weighted by Crippen LogP contribution is 2.15. The fourth-order valence-corrected chi connectivity index (χ4v) is 1.95. The van der Waals surface area contributed by atoms with Gasteiger partial charge in [0.15, 0.2) is 0 Å². The molecule has 0 radical (unpaired) electrons. The number of nitrogens with one attached hydrogen (secondary N) is 1. The van der Waals surface area contributed by atoms with Crippen molar-refractivity contribution in [2.45, 2.75) is 32.5 Å². The lowest BCUT2D eigenvalue weighted by molar-refractivity contribution is -0.00225.